The number of hydrogen-bond donors (Lipinski definition) is 2. The number of fused-ring (bicyclic) bond motifs is 3. The Kier molecular flexibility index (Phi) is 7.92. The lowest BCUT2D eigenvalue weighted by molar-refractivity contribution is -0.137. The average Bonchev–Trinajstić information content (AvgIpc) is 3.08. The Labute approximate surface area is 216 Å². The Morgan fingerprint density at radius 3 is 2.69 bits per heavy atom. The zero-order valence-corrected chi connectivity index (χ0v) is 21.5. The molecule has 0 spiro atoms. The number of carbonyl (C=O) groups excluding carboxylic acids is 3. The summed E-state index contributed by atoms with van der Waals surface area (Å²) >= 11 is 6.31. The third-order valence-electron chi connectivity index (χ3n) is 7.45. The summed E-state index contributed by atoms with van der Waals surface area (Å²) < 4.78 is 10.6. The maximum absolute atomic E-state index is 13.2. The van der Waals surface area contributed by atoms with Gasteiger partial charge in [0.05, 0.1) is 30.1 Å². The number of halogens is 1. The maximum atomic E-state index is 13.2. The average molecular weight is 516 g/mol. The Hall–Kier alpha value is -2.62. The van der Waals surface area contributed by atoms with E-state index in [-0.39, 0.29) is 18.0 Å². The molecule has 3 aliphatic rings. The number of aromatic hydroxyl groups is 1. The minimum absolute atomic E-state index is 0.105. The summed E-state index contributed by atoms with van der Waals surface area (Å²) in [5.41, 5.74) is 3.89. The van der Waals surface area contributed by atoms with E-state index in [1.165, 1.54) is 6.07 Å². The number of methoxy groups -OCH3 is 1. The van der Waals surface area contributed by atoms with E-state index in [9.17, 15) is 24.5 Å². The number of hydrogen-bond acceptors (Lipinski definition) is 7. The van der Waals surface area contributed by atoms with Crippen molar-refractivity contribution in [2.24, 2.45) is 17.8 Å². The van der Waals surface area contributed by atoms with E-state index in [1.807, 2.05) is 13.0 Å². The molecule has 1 aliphatic carbocycles. The number of amides is 3. The number of phenols is 1. The monoisotopic (exact) mass is 515 g/mol. The number of nitrogens with zero attached hydrogens (tertiary/aromatic N) is 1. The number of allylic oxidation sites excluding steroid dienone is 2. The molecule has 10 heteroatoms. The van der Waals surface area contributed by atoms with Crippen molar-refractivity contribution in [3.8, 4) is 5.75 Å². The van der Waals surface area contributed by atoms with Crippen LogP contribution in [0.15, 0.2) is 34.9 Å². The van der Waals surface area contributed by atoms with E-state index in [1.54, 1.807) is 12.1 Å². The van der Waals surface area contributed by atoms with Gasteiger partial charge in [0.15, 0.2) is 0 Å². The molecule has 8 nitrogen and oxygen atoms in total. The Morgan fingerprint density at radius 2 is 2.03 bits per heavy atom. The van der Waals surface area contributed by atoms with Gasteiger partial charge in [-0.2, -0.15) is 4.90 Å². The van der Waals surface area contributed by atoms with Crippen molar-refractivity contribution in [2.45, 2.75) is 58.4 Å². The Morgan fingerprint density at radius 1 is 1.28 bits per heavy atom. The standard InChI is InChI=1S/C26H31BClNO7/c1-4-5-15(11-16-7-8-17(30)12-20(16)28)6-9-21-22-14(2)10-18-23(19(22)13-27(34)36-21)25(32)29(24(18)31)26(33)35-3/h7-8,11-12,18-19,21,23,30,34H,4-6,9-10,13H2,1-3H3/b15-11+/t18-,19+,21-,23-/m1/s1. The lowest BCUT2D eigenvalue weighted by atomic mass is 9.58. The van der Waals surface area contributed by atoms with Gasteiger partial charge < -0.3 is 19.5 Å². The van der Waals surface area contributed by atoms with E-state index in [2.05, 4.69) is 11.7 Å². The molecule has 1 aromatic rings. The Balaban J connectivity index is 1.58. The van der Waals surface area contributed by atoms with Gasteiger partial charge in [0, 0.05) is 0 Å². The van der Waals surface area contributed by atoms with Gasteiger partial charge in [-0.1, -0.05) is 42.2 Å². The fourth-order valence-corrected chi connectivity index (χ4v) is 6.18. The van der Waals surface area contributed by atoms with Gasteiger partial charge in [0.25, 0.3) is 0 Å². The predicted octanol–water partition coefficient (Wildman–Crippen LogP) is 4.59. The van der Waals surface area contributed by atoms with Crippen LogP contribution >= 0.6 is 11.6 Å². The molecule has 0 radical (unpaired) electrons. The zero-order chi connectivity index (χ0) is 26.1. The summed E-state index contributed by atoms with van der Waals surface area (Å²) in [6.07, 6.45) is 4.25. The topological polar surface area (TPSA) is 113 Å². The van der Waals surface area contributed by atoms with Crippen LogP contribution in [0.4, 0.5) is 4.79 Å². The lowest BCUT2D eigenvalue weighted by Crippen LogP contribution is -2.46. The molecule has 2 heterocycles. The van der Waals surface area contributed by atoms with Crippen LogP contribution in [0.3, 0.4) is 0 Å². The van der Waals surface area contributed by atoms with Gasteiger partial charge in [0.2, 0.25) is 11.8 Å². The SMILES string of the molecule is CCC/C(=C\c1ccc(O)cc1Cl)CC[C@H]1OB(O)C[C@H]2C1=C(C)C[C@H]1C(=O)N(C(=O)OC)C(=O)[C@H]12. The van der Waals surface area contributed by atoms with E-state index in [4.69, 9.17) is 16.3 Å². The van der Waals surface area contributed by atoms with Gasteiger partial charge in [-0.05, 0) is 74.2 Å². The van der Waals surface area contributed by atoms with Crippen molar-refractivity contribution in [1.29, 1.82) is 0 Å². The summed E-state index contributed by atoms with van der Waals surface area (Å²) in [5, 5.41) is 20.7. The van der Waals surface area contributed by atoms with E-state index < -0.39 is 43.0 Å². The van der Waals surface area contributed by atoms with Crippen LogP contribution in [0.5, 0.6) is 5.75 Å². The summed E-state index contributed by atoms with van der Waals surface area (Å²) in [4.78, 5) is 38.8. The van der Waals surface area contributed by atoms with Crippen LogP contribution in [-0.2, 0) is 19.0 Å². The normalized spacial score (nSPS) is 26.3. The molecule has 0 bridgehead atoms. The first-order chi connectivity index (χ1) is 17.2. The molecule has 4 atom stereocenters. The predicted molar refractivity (Wildman–Crippen MR) is 135 cm³/mol. The third kappa shape index (κ3) is 4.97. The van der Waals surface area contributed by atoms with Crippen molar-refractivity contribution in [1.82, 2.24) is 4.90 Å². The molecule has 0 unspecified atom stereocenters. The highest BCUT2D eigenvalue weighted by Crippen LogP contribution is 2.50. The number of phenolic OH excluding ortho intramolecular Hbond substituents is 1. The molecule has 2 fully saturated rings. The van der Waals surface area contributed by atoms with Crippen molar-refractivity contribution >= 4 is 42.7 Å². The highest BCUT2D eigenvalue weighted by Gasteiger charge is 2.58. The van der Waals surface area contributed by atoms with E-state index in [0.717, 1.165) is 42.2 Å². The van der Waals surface area contributed by atoms with Gasteiger partial charge in [-0.15, -0.1) is 0 Å². The molecule has 36 heavy (non-hydrogen) atoms. The number of likely N-dealkylation sites (tertiary alicyclic amines) is 1. The van der Waals surface area contributed by atoms with Gasteiger partial charge >= 0.3 is 13.2 Å². The second-order valence-corrected chi connectivity index (χ2v) is 10.2. The Bertz CT molecular complexity index is 1130. The number of benzene rings is 1. The van der Waals surface area contributed by atoms with E-state index in [0.29, 0.717) is 29.2 Å². The summed E-state index contributed by atoms with van der Waals surface area (Å²) in [5.74, 6) is -2.72. The number of carbonyl (C=O) groups is 3. The first kappa shape index (κ1) is 26.4. The quantitative estimate of drug-likeness (QED) is 0.323. The first-order valence-electron chi connectivity index (χ1n) is 12.3. The van der Waals surface area contributed by atoms with Crippen LogP contribution < -0.4 is 0 Å². The van der Waals surface area contributed by atoms with Crippen molar-refractivity contribution in [3.63, 3.8) is 0 Å². The second-order valence-electron chi connectivity index (χ2n) is 9.77. The molecule has 0 saturated carbocycles. The number of ether oxygens (including phenoxy) is 1. The fraction of sp³-hybridized carbons (Fsp3) is 0.500. The van der Waals surface area contributed by atoms with Crippen LogP contribution in [0.2, 0.25) is 11.3 Å². The van der Waals surface area contributed by atoms with Crippen LogP contribution in [0.1, 0.15) is 51.5 Å². The van der Waals surface area contributed by atoms with Gasteiger partial charge in [-0.25, -0.2) is 4.79 Å². The lowest BCUT2D eigenvalue weighted by Gasteiger charge is -2.42. The van der Waals surface area contributed by atoms with Crippen LogP contribution in [0, 0.1) is 17.8 Å². The fourth-order valence-electron chi connectivity index (χ4n) is 5.95. The number of rotatable bonds is 6. The minimum atomic E-state index is -1.07. The third-order valence-corrected chi connectivity index (χ3v) is 7.78. The molecule has 3 amide bonds. The van der Waals surface area contributed by atoms with Crippen LogP contribution in [0.25, 0.3) is 6.08 Å². The van der Waals surface area contributed by atoms with Crippen molar-refractivity contribution in [3.05, 3.63) is 45.5 Å². The largest absolute Gasteiger partial charge is 0.508 e. The second kappa shape index (κ2) is 10.8. The highest BCUT2D eigenvalue weighted by molar-refractivity contribution is 6.43. The highest BCUT2D eigenvalue weighted by atomic mass is 35.5. The molecule has 2 aliphatic heterocycles. The summed E-state index contributed by atoms with van der Waals surface area (Å²) in [6, 6.07) is 4.87. The molecular weight excluding hydrogens is 485 g/mol. The molecule has 2 saturated heterocycles. The van der Waals surface area contributed by atoms with Crippen LogP contribution in [-0.4, -0.2) is 53.3 Å². The van der Waals surface area contributed by atoms with Crippen molar-refractivity contribution < 1.29 is 33.9 Å². The zero-order valence-electron chi connectivity index (χ0n) is 20.7. The molecular formula is C26H31BClNO7. The van der Waals surface area contributed by atoms with Gasteiger partial charge in [0.1, 0.15) is 5.75 Å². The number of imide groups is 3. The van der Waals surface area contributed by atoms with Crippen molar-refractivity contribution in [2.75, 3.05) is 7.11 Å². The maximum Gasteiger partial charge on any atom is 0.455 e. The summed E-state index contributed by atoms with van der Waals surface area (Å²) in [7, 11) is 0.0661. The van der Waals surface area contributed by atoms with E-state index >= 15 is 0 Å². The minimum Gasteiger partial charge on any atom is -0.508 e. The molecule has 1 aromatic carbocycles. The molecule has 2 N–H and O–H groups in total. The first-order valence-corrected chi connectivity index (χ1v) is 12.7. The molecule has 192 valence electrons. The smallest absolute Gasteiger partial charge is 0.455 e. The molecule has 0 aromatic heterocycles. The molecule has 4 rings (SSSR count). The summed E-state index contributed by atoms with van der Waals surface area (Å²) in [6.45, 7) is 4.02. The van der Waals surface area contributed by atoms with Gasteiger partial charge in [-0.3, -0.25) is 9.59 Å².